The predicted octanol–water partition coefficient (Wildman–Crippen LogP) is 5.04. The van der Waals surface area contributed by atoms with Gasteiger partial charge in [0.15, 0.2) is 0 Å². The van der Waals surface area contributed by atoms with Crippen LogP contribution in [0.4, 0.5) is 10.1 Å². The van der Waals surface area contributed by atoms with Gasteiger partial charge < -0.3 is 15.2 Å². The van der Waals surface area contributed by atoms with E-state index >= 15 is 0 Å². The highest BCUT2D eigenvalue weighted by Crippen LogP contribution is 2.33. The molecule has 0 unspecified atom stereocenters. The number of carbonyl (C=O) groups is 2. The monoisotopic (exact) mass is 432 g/mol. The zero-order valence-corrected chi connectivity index (χ0v) is 18.1. The molecule has 164 valence electrons. The van der Waals surface area contributed by atoms with E-state index in [1.165, 1.54) is 6.07 Å². The highest BCUT2D eigenvalue weighted by molar-refractivity contribution is 5.97. The molecule has 2 atom stereocenters. The van der Waals surface area contributed by atoms with Crippen LogP contribution in [0, 0.1) is 12.4 Å². The van der Waals surface area contributed by atoms with Crippen LogP contribution < -0.4 is 5.32 Å². The van der Waals surface area contributed by atoms with Gasteiger partial charge in [0.05, 0.1) is 6.57 Å². The number of rotatable bonds is 5. The normalized spacial score (nSPS) is 17.8. The van der Waals surface area contributed by atoms with Crippen LogP contribution >= 0.6 is 0 Å². The van der Waals surface area contributed by atoms with E-state index in [4.69, 9.17) is 6.57 Å². The van der Waals surface area contributed by atoms with Crippen molar-refractivity contribution in [2.24, 2.45) is 0 Å². The van der Waals surface area contributed by atoms with Crippen molar-refractivity contribution < 1.29 is 14.0 Å². The summed E-state index contributed by atoms with van der Waals surface area (Å²) in [5.41, 5.74) is 2.58. The molecule has 0 radical (unpaired) electrons. The van der Waals surface area contributed by atoms with Gasteiger partial charge in [-0.1, -0.05) is 25.1 Å². The summed E-state index contributed by atoms with van der Waals surface area (Å²) < 4.78 is 14.7. The van der Waals surface area contributed by atoms with E-state index in [1.807, 2.05) is 6.92 Å². The number of hydrogen-bond acceptors (Lipinski definition) is 2. The third-order valence-corrected chi connectivity index (χ3v) is 6.27. The minimum atomic E-state index is -0.391. The van der Waals surface area contributed by atoms with E-state index in [-0.39, 0.29) is 23.9 Å². The van der Waals surface area contributed by atoms with Crippen LogP contribution in [-0.2, 0) is 4.79 Å². The minimum Gasteiger partial charge on any atom is -0.372 e. The van der Waals surface area contributed by atoms with Crippen LogP contribution in [0.15, 0.2) is 42.6 Å². The molecule has 2 aromatic carbocycles. The lowest BCUT2D eigenvalue weighted by atomic mass is 10.0. The van der Waals surface area contributed by atoms with E-state index in [1.54, 1.807) is 48.5 Å². The van der Waals surface area contributed by atoms with Gasteiger partial charge in [-0.05, 0) is 43.0 Å². The van der Waals surface area contributed by atoms with Crippen molar-refractivity contribution in [2.75, 3.05) is 7.05 Å². The van der Waals surface area contributed by atoms with Crippen LogP contribution in [0.1, 0.15) is 43.0 Å². The molecule has 0 bridgehead atoms. The Kier molecular flexibility index (Phi) is 5.95. The lowest BCUT2D eigenvalue weighted by Crippen LogP contribution is -2.38. The van der Waals surface area contributed by atoms with Gasteiger partial charge in [0.1, 0.15) is 5.82 Å². The van der Waals surface area contributed by atoms with Crippen LogP contribution in [-0.4, -0.2) is 40.8 Å². The molecule has 1 heterocycles. The molecule has 1 aromatic heterocycles. The van der Waals surface area contributed by atoms with E-state index in [2.05, 4.69) is 15.1 Å². The number of hydrogen-bond donors (Lipinski definition) is 2. The van der Waals surface area contributed by atoms with Crippen molar-refractivity contribution in [1.82, 2.24) is 15.2 Å². The number of aromatic amines is 1. The van der Waals surface area contributed by atoms with E-state index in [0.29, 0.717) is 39.7 Å². The summed E-state index contributed by atoms with van der Waals surface area (Å²) in [5, 5.41) is 3.68. The Morgan fingerprint density at radius 1 is 1.25 bits per heavy atom. The average molecular weight is 432 g/mol. The summed E-state index contributed by atoms with van der Waals surface area (Å²) in [7, 11) is 1.79. The van der Waals surface area contributed by atoms with Crippen molar-refractivity contribution >= 4 is 28.4 Å². The zero-order chi connectivity index (χ0) is 22.8. The molecular formula is C25H25FN4O2. The van der Waals surface area contributed by atoms with Crippen LogP contribution in [0.25, 0.3) is 26.9 Å². The Hall–Kier alpha value is -3.66. The first-order valence-electron chi connectivity index (χ1n) is 10.8. The highest BCUT2D eigenvalue weighted by Gasteiger charge is 2.30. The maximum Gasteiger partial charge on any atom is 0.253 e. The number of nitrogens with zero attached hydrogens (tertiary/aromatic N) is 2. The summed E-state index contributed by atoms with van der Waals surface area (Å²) in [5.74, 6) is -0.451. The van der Waals surface area contributed by atoms with Crippen molar-refractivity contribution in [3.63, 3.8) is 0 Å². The molecule has 3 aromatic rings. The Morgan fingerprint density at radius 3 is 2.69 bits per heavy atom. The molecule has 1 fully saturated rings. The Labute approximate surface area is 186 Å². The van der Waals surface area contributed by atoms with Gasteiger partial charge in [-0.2, -0.15) is 0 Å². The summed E-state index contributed by atoms with van der Waals surface area (Å²) in [6.07, 6.45) is 4.48. The molecule has 7 heteroatoms. The van der Waals surface area contributed by atoms with Crippen LogP contribution in [0.5, 0.6) is 0 Å². The molecule has 2 amide bonds. The Bertz CT molecular complexity index is 1210. The molecule has 32 heavy (non-hydrogen) atoms. The van der Waals surface area contributed by atoms with Crippen molar-refractivity contribution in [1.29, 1.82) is 0 Å². The smallest absolute Gasteiger partial charge is 0.253 e. The van der Waals surface area contributed by atoms with Gasteiger partial charge >= 0.3 is 0 Å². The molecule has 1 aliphatic rings. The van der Waals surface area contributed by atoms with Crippen molar-refractivity contribution in [2.45, 2.75) is 44.7 Å². The number of amides is 2. The van der Waals surface area contributed by atoms with Gasteiger partial charge in [-0.3, -0.25) is 9.59 Å². The van der Waals surface area contributed by atoms with Crippen LogP contribution in [0.2, 0.25) is 0 Å². The van der Waals surface area contributed by atoms with Crippen LogP contribution in [0.3, 0.4) is 0 Å². The van der Waals surface area contributed by atoms with Gasteiger partial charge in [0, 0.05) is 53.8 Å². The molecule has 0 saturated heterocycles. The third kappa shape index (κ3) is 4.09. The number of fused-ring (bicyclic) bond motifs is 1. The summed E-state index contributed by atoms with van der Waals surface area (Å²) in [4.78, 5) is 32.7. The van der Waals surface area contributed by atoms with Gasteiger partial charge in [0.2, 0.25) is 11.6 Å². The predicted molar refractivity (Wildman–Crippen MR) is 122 cm³/mol. The van der Waals surface area contributed by atoms with Gasteiger partial charge in [-0.25, -0.2) is 9.24 Å². The van der Waals surface area contributed by atoms with E-state index < -0.39 is 5.82 Å². The first kappa shape index (κ1) is 21.6. The fraction of sp³-hybridized carbons (Fsp3) is 0.320. The highest BCUT2D eigenvalue weighted by atomic mass is 19.1. The molecule has 6 nitrogen and oxygen atoms in total. The zero-order valence-electron chi connectivity index (χ0n) is 18.1. The van der Waals surface area contributed by atoms with Gasteiger partial charge in [-0.15, -0.1) is 0 Å². The number of halogens is 1. The first-order chi connectivity index (χ1) is 15.4. The topological polar surface area (TPSA) is 69.6 Å². The maximum atomic E-state index is 14.7. The molecular weight excluding hydrogens is 407 g/mol. The Morgan fingerprint density at radius 2 is 2.00 bits per heavy atom. The SMILES string of the molecule is [C-]#[N+]c1c[nH]c2cc(F)c(-c3ccc(C(=O)N(C)[C@@H]4CC[C@H](NC(=O)CC)C4)cc3)cc12. The lowest BCUT2D eigenvalue weighted by molar-refractivity contribution is -0.121. The second kappa shape index (κ2) is 8.83. The molecule has 2 N–H and O–H groups in total. The number of carbonyl (C=O) groups excluding carboxylic acids is 2. The standard InChI is InChI=1S/C25H25FN4O2/c1-4-24(31)29-17-9-10-18(11-17)30(3)25(32)16-7-5-15(6-8-16)19-12-20-22(13-21(19)26)28-14-23(20)27-2/h5-8,12-14,17-18,28H,4,9-11H2,1,3H3,(H,29,31)/t17-,18+/m0/s1. The fourth-order valence-electron chi connectivity index (χ4n) is 4.37. The summed E-state index contributed by atoms with van der Waals surface area (Å²) in [6, 6.07) is 10.1. The van der Waals surface area contributed by atoms with E-state index in [9.17, 15) is 14.0 Å². The summed E-state index contributed by atoms with van der Waals surface area (Å²) in [6.45, 7) is 9.09. The number of aromatic nitrogens is 1. The molecule has 0 aliphatic heterocycles. The first-order valence-corrected chi connectivity index (χ1v) is 10.8. The maximum absolute atomic E-state index is 14.7. The van der Waals surface area contributed by atoms with Gasteiger partial charge in [0.25, 0.3) is 5.91 Å². The second-order valence-corrected chi connectivity index (χ2v) is 8.24. The molecule has 1 aliphatic carbocycles. The third-order valence-electron chi connectivity index (χ3n) is 6.27. The minimum absolute atomic E-state index is 0.0359. The summed E-state index contributed by atoms with van der Waals surface area (Å²) >= 11 is 0. The number of nitrogens with one attached hydrogen (secondary N) is 2. The average Bonchev–Trinajstić information content (AvgIpc) is 3.44. The fourth-order valence-corrected chi connectivity index (χ4v) is 4.37. The largest absolute Gasteiger partial charge is 0.372 e. The van der Waals surface area contributed by atoms with Crippen molar-refractivity contribution in [3.8, 4) is 11.1 Å². The van der Waals surface area contributed by atoms with E-state index in [0.717, 1.165) is 19.3 Å². The lowest BCUT2D eigenvalue weighted by Gasteiger charge is -2.25. The quantitative estimate of drug-likeness (QED) is 0.555. The number of benzene rings is 2. The molecule has 1 saturated carbocycles. The van der Waals surface area contributed by atoms with Crippen molar-refractivity contribution in [3.05, 3.63) is 65.4 Å². The Balaban J connectivity index is 1.50. The molecule has 4 rings (SSSR count). The molecule has 0 spiro atoms. The number of H-pyrrole nitrogens is 1. The second-order valence-electron chi connectivity index (χ2n) is 8.24.